The minimum absolute atomic E-state index is 0.110. The second-order valence-electron chi connectivity index (χ2n) is 3.39. The lowest BCUT2D eigenvalue weighted by molar-refractivity contribution is 0.626. The minimum Gasteiger partial charge on any atom is -0.355 e. The number of hydrogen-bond donors (Lipinski definition) is 1. The quantitative estimate of drug-likeness (QED) is 0.918. The molecule has 1 unspecified atom stereocenters. The van der Waals surface area contributed by atoms with E-state index in [4.69, 9.17) is 0 Å². The third kappa shape index (κ3) is 2.80. The second kappa shape index (κ2) is 4.93. The van der Waals surface area contributed by atoms with E-state index in [0.29, 0.717) is 0 Å². The smallest absolute Gasteiger partial charge is 0.184 e. The van der Waals surface area contributed by atoms with Crippen LogP contribution < -0.4 is 5.32 Å². The molecular formula is C11H10BrFN2S. The topological polar surface area (TPSA) is 24.9 Å². The molecule has 0 fully saturated rings. The molecule has 2 nitrogen and oxygen atoms in total. The van der Waals surface area contributed by atoms with Crippen molar-refractivity contribution in [3.8, 4) is 0 Å². The van der Waals surface area contributed by atoms with E-state index in [9.17, 15) is 4.39 Å². The zero-order valence-corrected chi connectivity index (χ0v) is 11.0. The molecule has 0 amide bonds. The van der Waals surface area contributed by atoms with Gasteiger partial charge in [-0.1, -0.05) is 12.1 Å². The predicted molar refractivity (Wildman–Crippen MR) is 68.3 cm³/mol. The molecule has 5 heteroatoms. The monoisotopic (exact) mass is 300 g/mol. The van der Waals surface area contributed by atoms with Crippen LogP contribution in [-0.4, -0.2) is 4.98 Å². The Kier molecular flexibility index (Phi) is 3.56. The Bertz CT molecular complexity index is 469. The number of benzene rings is 1. The lowest BCUT2D eigenvalue weighted by Crippen LogP contribution is -2.06. The van der Waals surface area contributed by atoms with Crippen molar-refractivity contribution in [2.24, 2.45) is 0 Å². The standard InChI is InChI=1S/C11H10BrFN2S/c1-7(8-2-4-9(13)5-3-8)14-11-15-10(12)6-16-11/h2-7H,1H3,(H,14,15). The van der Waals surface area contributed by atoms with Crippen molar-refractivity contribution in [2.45, 2.75) is 13.0 Å². The largest absolute Gasteiger partial charge is 0.355 e. The van der Waals surface area contributed by atoms with Crippen LogP contribution in [0.15, 0.2) is 34.2 Å². The summed E-state index contributed by atoms with van der Waals surface area (Å²) >= 11 is 4.83. The highest BCUT2D eigenvalue weighted by molar-refractivity contribution is 9.10. The normalized spacial score (nSPS) is 12.4. The number of nitrogens with one attached hydrogen (secondary N) is 1. The molecule has 0 spiro atoms. The van der Waals surface area contributed by atoms with Gasteiger partial charge in [0.05, 0.1) is 6.04 Å². The van der Waals surface area contributed by atoms with Crippen LogP contribution in [0.2, 0.25) is 0 Å². The van der Waals surface area contributed by atoms with Gasteiger partial charge in [0, 0.05) is 5.38 Å². The zero-order valence-electron chi connectivity index (χ0n) is 8.58. The molecule has 0 aliphatic rings. The molecule has 1 atom stereocenters. The van der Waals surface area contributed by atoms with Gasteiger partial charge in [0.25, 0.3) is 0 Å². The molecule has 1 aromatic carbocycles. The molecule has 0 saturated heterocycles. The molecule has 1 heterocycles. The summed E-state index contributed by atoms with van der Waals surface area (Å²) in [6.45, 7) is 2.02. The third-order valence-corrected chi connectivity index (χ3v) is 3.67. The number of aromatic nitrogens is 1. The molecule has 1 aromatic heterocycles. The first-order chi connectivity index (χ1) is 7.65. The molecule has 0 aliphatic carbocycles. The van der Waals surface area contributed by atoms with Crippen LogP contribution in [0.3, 0.4) is 0 Å². The molecule has 2 rings (SSSR count). The fourth-order valence-corrected chi connectivity index (χ4v) is 2.57. The van der Waals surface area contributed by atoms with Crippen molar-refractivity contribution in [1.82, 2.24) is 4.98 Å². The van der Waals surface area contributed by atoms with Crippen molar-refractivity contribution in [2.75, 3.05) is 5.32 Å². The van der Waals surface area contributed by atoms with Crippen LogP contribution >= 0.6 is 27.3 Å². The lowest BCUT2D eigenvalue weighted by Gasteiger charge is -2.12. The molecule has 16 heavy (non-hydrogen) atoms. The number of thiazole rings is 1. The first kappa shape index (κ1) is 11.5. The maximum atomic E-state index is 12.7. The Balaban J connectivity index is 2.08. The van der Waals surface area contributed by atoms with Crippen LogP contribution in [0.5, 0.6) is 0 Å². The van der Waals surface area contributed by atoms with Crippen molar-refractivity contribution >= 4 is 32.4 Å². The Labute approximate surface area is 106 Å². The van der Waals surface area contributed by atoms with Gasteiger partial charge in [0.15, 0.2) is 5.13 Å². The van der Waals surface area contributed by atoms with Crippen LogP contribution in [0.1, 0.15) is 18.5 Å². The van der Waals surface area contributed by atoms with E-state index in [1.807, 2.05) is 12.3 Å². The summed E-state index contributed by atoms with van der Waals surface area (Å²) in [6, 6.07) is 6.58. The van der Waals surface area contributed by atoms with Gasteiger partial charge in [-0.15, -0.1) is 11.3 Å². The van der Waals surface area contributed by atoms with E-state index in [0.717, 1.165) is 15.3 Å². The zero-order chi connectivity index (χ0) is 11.5. The highest BCUT2D eigenvalue weighted by atomic mass is 79.9. The Morgan fingerprint density at radius 1 is 1.38 bits per heavy atom. The van der Waals surface area contributed by atoms with Crippen LogP contribution in [0.25, 0.3) is 0 Å². The summed E-state index contributed by atoms with van der Waals surface area (Å²) in [5.74, 6) is -0.215. The maximum Gasteiger partial charge on any atom is 0.184 e. The van der Waals surface area contributed by atoms with Gasteiger partial charge >= 0.3 is 0 Å². The summed E-state index contributed by atoms with van der Waals surface area (Å²) in [5.41, 5.74) is 1.03. The van der Waals surface area contributed by atoms with E-state index in [-0.39, 0.29) is 11.9 Å². The molecule has 2 aromatic rings. The highest BCUT2D eigenvalue weighted by Crippen LogP contribution is 2.24. The summed E-state index contributed by atoms with van der Waals surface area (Å²) in [6.07, 6.45) is 0. The molecular weight excluding hydrogens is 291 g/mol. The fourth-order valence-electron chi connectivity index (χ4n) is 1.34. The summed E-state index contributed by atoms with van der Waals surface area (Å²) in [4.78, 5) is 4.24. The Morgan fingerprint density at radius 3 is 2.62 bits per heavy atom. The number of hydrogen-bond acceptors (Lipinski definition) is 3. The van der Waals surface area contributed by atoms with Gasteiger partial charge in [-0.2, -0.15) is 0 Å². The summed E-state index contributed by atoms with van der Waals surface area (Å²) in [5, 5.41) is 6.02. The maximum absolute atomic E-state index is 12.7. The fraction of sp³-hybridized carbons (Fsp3) is 0.182. The molecule has 1 N–H and O–H groups in total. The lowest BCUT2D eigenvalue weighted by atomic mass is 10.1. The molecule has 84 valence electrons. The van der Waals surface area contributed by atoms with E-state index in [1.54, 1.807) is 12.1 Å². The SMILES string of the molecule is CC(Nc1nc(Br)cs1)c1ccc(F)cc1. The molecule has 0 saturated carbocycles. The van der Waals surface area contributed by atoms with Crippen molar-refractivity contribution in [3.05, 3.63) is 45.6 Å². The van der Waals surface area contributed by atoms with Gasteiger partial charge in [0.2, 0.25) is 0 Å². The summed E-state index contributed by atoms with van der Waals surface area (Å²) in [7, 11) is 0. The molecule has 0 radical (unpaired) electrons. The predicted octanol–water partition coefficient (Wildman–Crippen LogP) is 4.22. The van der Waals surface area contributed by atoms with Crippen LogP contribution in [0, 0.1) is 5.82 Å². The molecule has 0 aliphatic heterocycles. The highest BCUT2D eigenvalue weighted by Gasteiger charge is 2.07. The minimum atomic E-state index is -0.215. The van der Waals surface area contributed by atoms with Gasteiger partial charge in [-0.25, -0.2) is 9.37 Å². The van der Waals surface area contributed by atoms with E-state index in [2.05, 4.69) is 26.2 Å². The number of nitrogens with zero attached hydrogens (tertiary/aromatic N) is 1. The van der Waals surface area contributed by atoms with Gasteiger partial charge in [-0.05, 0) is 40.5 Å². The third-order valence-electron chi connectivity index (χ3n) is 2.19. The van der Waals surface area contributed by atoms with Crippen molar-refractivity contribution < 1.29 is 4.39 Å². The number of halogens is 2. The summed E-state index contributed by atoms with van der Waals surface area (Å²) < 4.78 is 13.6. The number of anilines is 1. The van der Waals surface area contributed by atoms with Crippen LogP contribution in [-0.2, 0) is 0 Å². The number of rotatable bonds is 3. The average Bonchev–Trinajstić information content (AvgIpc) is 2.65. The second-order valence-corrected chi connectivity index (χ2v) is 5.06. The first-order valence-electron chi connectivity index (χ1n) is 4.78. The van der Waals surface area contributed by atoms with Crippen molar-refractivity contribution in [3.63, 3.8) is 0 Å². The van der Waals surface area contributed by atoms with E-state index in [1.165, 1.54) is 23.5 Å². The first-order valence-corrected chi connectivity index (χ1v) is 6.45. The van der Waals surface area contributed by atoms with E-state index >= 15 is 0 Å². The average molecular weight is 301 g/mol. The van der Waals surface area contributed by atoms with Gasteiger partial charge in [-0.3, -0.25) is 0 Å². The van der Waals surface area contributed by atoms with Gasteiger partial charge in [0.1, 0.15) is 10.4 Å². The molecule has 0 bridgehead atoms. The van der Waals surface area contributed by atoms with Gasteiger partial charge < -0.3 is 5.32 Å². The Morgan fingerprint density at radius 2 is 2.06 bits per heavy atom. The Hall–Kier alpha value is -0.940. The van der Waals surface area contributed by atoms with Crippen LogP contribution in [0.4, 0.5) is 9.52 Å². The van der Waals surface area contributed by atoms with Crippen molar-refractivity contribution in [1.29, 1.82) is 0 Å². The van der Waals surface area contributed by atoms with E-state index < -0.39 is 0 Å².